The van der Waals surface area contributed by atoms with Crippen LogP contribution in [0.1, 0.15) is 70.7 Å². The molecule has 4 aromatic rings. The lowest BCUT2D eigenvalue weighted by molar-refractivity contribution is -0.323. The number of carbonyl (C=O) groups is 1. The average Bonchev–Trinajstić information content (AvgIpc) is 3.27. The summed E-state index contributed by atoms with van der Waals surface area (Å²) in [4.78, 5) is 13.0. The van der Waals surface area contributed by atoms with Crippen LogP contribution in [0.5, 0.6) is 0 Å². The van der Waals surface area contributed by atoms with Gasteiger partial charge in [-0.25, -0.2) is 0 Å². The molecule has 0 amide bonds. The summed E-state index contributed by atoms with van der Waals surface area (Å²) in [5, 5.41) is 0. The molecule has 0 aromatic heterocycles. The smallest absolute Gasteiger partial charge is 0.303 e. The van der Waals surface area contributed by atoms with Gasteiger partial charge in [-0.2, -0.15) is 0 Å². The summed E-state index contributed by atoms with van der Waals surface area (Å²) in [7, 11) is -2.38. The van der Waals surface area contributed by atoms with Crippen molar-refractivity contribution in [2.24, 2.45) is 0 Å². The molecule has 11 heteroatoms. The van der Waals surface area contributed by atoms with E-state index < -0.39 is 63.3 Å². The summed E-state index contributed by atoms with van der Waals surface area (Å²) in [6.45, 7) is 16.4. The quantitative estimate of drug-likeness (QED) is 0.0561. The van der Waals surface area contributed by atoms with Gasteiger partial charge in [-0.3, -0.25) is 4.79 Å². The van der Waals surface area contributed by atoms with Crippen molar-refractivity contribution < 1.29 is 47.1 Å². The standard InChI is InChI=1S/C51H66O10Si/c1-36(2)62(37(3)4,38(5)6)59-35-46-48(56-32-42-24-16-10-17-25-42)49(57-33-43-26-18-11-19-27-43)50(60-39(7)52)51(61-46)58-34-45-47(55-31-41-22-14-9-15-23-41)44(28-29-53-45)54-30-40-20-12-8-13-21-40/h8-29,36-38,44-51H,30-35H2,1-7H3/t44-,45-,46-,47+,48+,49+,50-,51-/m1/s1. The van der Waals surface area contributed by atoms with E-state index in [9.17, 15) is 4.79 Å². The molecule has 2 heterocycles. The van der Waals surface area contributed by atoms with Crippen LogP contribution in [-0.4, -0.2) is 76.5 Å². The SMILES string of the molecule is CC(=O)O[C@H]1[C@H](OC[C@H]2OC=C[C@@H](OCc3ccccc3)[C@@H]2OCc2ccccc2)O[C@H](CO[Si](C(C)C)(C(C)C)C(C)C)[C@H](OCc2ccccc2)[C@@H]1OCc1ccccc1. The minimum absolute atomic E-state index is 0.0224. The first-order chi connectivity index (χ1) is 30.0. The van der Waals surface area contributed by atoms with Gasteiger partial charge < -0.3 is 42.3 Å². The molecule has 0 spiro atoms. The van der Waals surface area contributed by atoms with Crippen LogP contribution < -0.4 is 0 Å². The van der Waals surface area contributed by atoms with Crippen LogP contribution in [0.4, 0.5) is 0 Å². The number of benzene rings is 4. The van der Waals surface area contributed by atoms with Crippen LogP contribution in [-0.2, 0) is 73.5 Å². The van der Waals surface area contributed by atoms with Crippen molar-refractivity contribution in [3.8, 4) is 0 Å². The van der Waals surface area contributed by atoms with Crippen molar-refractivity contribution in [3.63, 3.8) is 0 Å². The Bertz CT molecular complexity index is 1890. The Morgan fingerprint density at radius 3 is 1.42 bits per heavy atom. The minimum Gasteiger partial charge on any atom is -0.493 e. The number of ether oxygens (including phenoxy) is 8. The van der Waals surface area contributed by atoms with Gasteiger partial charge in [-0.1, -0.05) is 163 Å². The van der Waals surface area contributed by atoms with E-state index in [4.69, 9.17) is 42.3 Å². The molecule has 1 saturated heterocycles. The summed E-state index contributed by atoms with van der Waals surface area (Å²) in [6, 6.07) is 39.9. The number of esters is 1. The molecule has 0 aliphatic carbocycles. The lowest BCUT2D eigenvalue weighted by Crippen LogP contribution is -2.63. The van der Waals surface area contributed by atoms with E-state index in [0.29, 0.717) is 29.8 Å². The van der Waals surface area contributed by atoms with Gasteiger partial charge in [-0.15, -0.1) is 0 Å². The van der Waals surface area contributed by atoms with Gasteiger partial charge in [0.2, 0.25) is 0 Å². The fourth-order valence-electron chi connectivity index (χ4n) is 8.95. The van der Waals surface area contributed by atoms with E-state index in [-0.39, 0.29) is 26.4 Å². The van der Waals surface area contributed by atoms with Gasteiger partial charge in [0.1, 0.15) is 30.5 Å². The van der Waals surface area contributed by atoms with Crippen molar-refractivity contribution >= 4 is 14.3 Å². The van der Waals surface area contributed by atoms with Gasteiger partial charge in [0.25, 0.3) is 0 Å². The number of carbonyl (C=O) groups excluding carboxylic acids is 1. The van der Waals surface area contributed by atoms with Crippen LogP contribution >= 0.6 is 0 Å². The summed E-state index contributed by atoms with van der Waals surface area (Å²) in [5.74, 6) is -0.502. The molecular weight excluding hydrogens is 801 g/mol. The summed E-state index contributed by atoms with van der Waals surface area (Å²) in [5.41, 5.74) is 5.01. The molecule has 1 fully saturated rings. The van der Waals surface area contributed by atoms with Crippen LogP contribution in [0.15, 0.2) is 134 Å². The molecule has 0 N–H and O–H groups in total. The maximum absolute atomic E-state index is 13.0. The third-order valence-electron chi connectivity index (χ3n) is 11.9. The second-order valence-electron chi connectivity index (χ2n) is 17.1. The van der Waals surface area contributed by atoms with Gasteiger partial charge >= 0.3 is 5.97 Å². The fourth-order valence-corrected chi connectivity index (χ4v) is 14.4. The number of rotatable bonds is 22. The van der Waals surface area contributed by atoms with Gasteiger partial charge in [0, 0.05) is 6.92 Å². The maximum Gasteiger partial charge on any atom is 0.303 e. The normalized spacial score (nSPS) is 24.0. The molecule has 2 aliphatic heterocycles. The number of hydrogen-bond donors (Lipinski definition) is 0. The van der Waals surface area contributed by atoms with Crippen LogP contribution in [0.2, 0.25) is 16.6 Å². The summed E-state index contributed by atoms with van der Waals surface area (Å²) in [6.07, 6.45) is -2.35. The summed E-state index contributed by atoms with van der Waals surface area (Å²) >= 11 is 0. The maximum atomic E-state index is 13.0. The Hall–Kier alpha value is -4.17. The Labute approximate surface area is 369 Å². The van der Waals surface area contributed by atoms with Gasteiger partial charge in [0.05, 0.1) is 45.9 Å². The van der Waals surface area contributed by atoms with Crippen molar-refractivity contribution in [1.82, 2.24) is 0 Å². The Kier molecular flexibility index (Phi) is 17.9. The van der Waals surface area contributed by atoms with Crippen molar-refractivity contribution in [3.05, 3.63) is 156 Å². The van der Waals surface area contributed by atoms with Crippen LogP contribution in [0.25, 0.3) is 0 Å². The predicted octanol–water partition coefficient (Wildman–Crippen LogP) is 10.1. The lowest BCUT2D eigenvalue weighted by atomic mass is 9.97. The van der Waals surface area contributed by atoms with Gasteiger partial charge in [-0.05, 0) is 45.0 Å². The zero-order chi connectivity index (χ0) is 43.9. The predicted molar refractivity (Wildman–Crippen MR) is 241 cm³/mol. The van der Waals surface area contributed by atoms with Crippen LogP contribution in [0.3, 0.4) is 0 Å². The molecule has 10 nitrogen and oxygen atoms in total. The average molecular weight is 867 g/mol. The molecule has 6 rings (SSSR count). The minimum atomic E-state index is -2.38. The molecule has 62 heavy (non-hydrogen) atoms. The van der Waals surface area contributed by atoms with Crippen molar-refractivity contribution in [2.45, 2.75) is 141 Å². The molecule has 4 aromatic carbocycles. The molecule has 8 atom stereocenters. The van der Waals surface area contributed by atoms with E-state index in [1.165, 1.54) is 6.92 Å². The Balaban J connectivity index is 1.31. The van der Waals surface area contributed by atoms with E-state index in [2.05, 4.69) is 41.5 Å². The highest BCUT2D eigenvalue weighted by molar-refractivity contribution is 6.77. The monoisotopic (exact) mass is 866 g/mol. The molecule has 334 valence electrons. The Morgan fingerprint density at radius 1 is 0.532 bits per heavy atom. The highest BCUT2D eigenvalue weighted by atomic mass is 28.4. The molecular formula is C51H66O10Si. The third kappa shape index (κ3) is 12.7. The van der Waals surface area contributed by atoms with E-state index in [1.54, 1.807) is 6.26 Å². The highest BCUT2D eigenvalue weighted by Gasteiger charge is 2.53. The molecule has 0 saturated carbocycles. The second-order valence-corrected chi connectivity index (χ2v) is 22.6. The zero-order valence-electron chi connectivity index (χ0n) is 37.4. The first kappa shape index (κ1) is 47.3. The highest BCUT2D eigenvalue weighted by Crippen LogP contribution is 2.43. The van der Waals surface area contributed by atoms with Crippen LogP contribution in [0, 0.1) is 0 Å². The van der Waals surface area contributed by atoms with Gasteiger partial charge in [0.15, 0.2) is 26.8 Å². The van der Waals surface area contributed by atoms with E-state index in [0.717, 1.165) is 22.3 Å². The second kappa shape index (κ2) is 23.5. The van der Waals surface area contributed by atoms with Crippen molar-refractivity contribution in [2.75, 3.05) is 13.2 Å². The third-order valence-corrected chi connectivity index (χ3v) is 18.0. The molecule has 0 unspecified atom stereocenters. The van der Waals surface area contributed by atoms with Crippen molar-refractivity contribution in [1.29, 1.82) is 0 Å². The zero-order valence-corrected chi connectivity index (χ0v) is 38.4. The molecule has 0 bridgehead atoms. The summed E-state index contributed by atoms with van der Waals surface area (Å²) < 4.78 is 60.0. The number of hydrogen-bond acceptors (Lipinski definition) is 10. The lowest BCUT2D eigenvalue weighted by Gasteiger charge is -2.48. The molecule has 0 radical (unpaired) electrons. The Morgan fingerprint density at radius 2 is 0.968 bits per heavy atom. The molecule has 2 aliphatic rings. The van der Waals surface area contributed by atoms with E-state index in [1.807, 2.05) is 127 Å². The topological polar surface area (TPSA) is 100 Å². The van der Waals surface area contributed by atoms with E-state index >= 15 is 0 Å². The fraction of sp³-hybridized carbons (Fsp3) is 0.471. The largest absolute Gasteiger partial charge is 0.493 e. The first-order valence-electron chi connectivity index (χ1n) is 22.1. The first-order valence-corrected chi connectivity index (χ1v) is 24.2.